The fourth-order valence-corrected chi connectivity index (χ4v) is 7.53. The van der Waals surface area contributed by atoms with Crippen LogP contribution in [0.3, 0.4) is 0 Å². The first kappa shape index (κ1) is 41.4. The Balaban J connectivity index is 1.77. The average molecular weight is 742 g/mol. The van der Waals surface area contributed by atoms with Crippen LogP contribution < -0.4 is 10.1 Å². The summed E-state index contributed by atoms with van der Waals surface area (Å²) in [7, 11) is -1.41. The molecule has 1 N–H and O–H groups in total. The van der Waals surface area contributed by atoms with E-state index in [0.717, 1.165) is 33.1 Å². The number of halogens is 1. The molecule has 3 rings (SSSR count). The summed E-state index contributed by atoms with van der Waals surface area (Å²) in [5.74, 6) is -0.0423. The van der Waals surface area contributed by atoms with Gasteiger partial charge in [-0.15, -0.1) is 0 Å². The van der Waals surface area contributed by atoms with Crippen LogP contribution in [0.1, 0.15) is 78.9 Å². The zero-order valence-electron chi connectivity index (χ0n) is 31.3. The number of esters is 1. The number of carbonyl (C=O) groups is 2. The molecule has 3 aromatic carbocycles. The lowest BCUT2D eigenvalue weighted by Crippen LogP contribution is -2.59. The van der Waals surface area contributed by atoms with Crippen molar-refractivity contribution in [3.63, 3.8) is 0 Å². The second-order valence-electron chi connectivity index (χ2n) is 15.0. The van der Waals surface area contributed by atoms with E-state index in [-0.39, 0.29) is 19.2 Å². The third-order valence-corrected chi connectivity index (χ3v) is 10.6. The standard InChI is InChI=1S/C40H56ClNO6SSi/c1-10-45-36(43)31(28-47-50(8)9)26-40(38(2,3)4,42-37(44)48-39(5,6)7)23-15-18-30-21-22-34(25-35(30)41)49-33-20-14-19-32(24-33)46-27-29-16-12-11-13-17-29/h11-14,16-17,19-22,24-25,31,50H,10,15,18,23,26-28H2,1-9H3,(H,42,44). The molecule has 3 aromatic rings. The Morgan fingerprint density at radius 2 is 1.62 bits per heavy atom. The molecule has 50 heavy (non-hydrogen) atoms. The van der Waals surface area contributed by atoms with Gasteiger partial charge >= 0.3 is 12.1 Å². The van der Waals surface area contributed by atoms with Gasteiger partial charge in [0, 0.05) is 27.0 Å². The molecule has 0 saturated carbocycles. The number of hydrogen-bond donors (Lipinski definition) is 1. The zero-order chi connectivity index (χ0) is 37.0. The summed E-state index contributed by atoms with van der Waals surface area (Å²) < 4.78 is 23.3. The summed E-state index contributed by atoms with van der Waals surface area (Å²) in [6.07, 6.45) is 1.85. The van der Waals surface area contributed by atoms with E-state index in [0.29, 0.717) is 30.9 Å². The molecule has 274 valence electrons. The minimum Gasteiger partial charge on any atom is -0.489 e. The van der Waals surface area contributed by atoms with Gasteiger partial charge in [0.05, 0.1) is 12.5 Å². The summed E-state index contributed by atoms with van der Waals surface area (Å²) in [5, 5.41) is 3.93. The van der Waals surface area contributed by atoms with Crippen LogP contribution >= 0.6 is 23.4 Å². The average Bonchev–Trinajstić information content (AvgIpc) is 3.02. The number of hydrogen-bond acceptors (Lipinski definition) is 7. The third kappa shape index (κ3) is 13.6. The summed E-state index contributed by atoms with van der Waals surface area (Å²) in [4.78, 5) is 28.7. The lowest BCUT2D eigenvalue weighted by atomic mass is 9.66. The SMILES string of the molecule is CCOC(=O)C(CO[SiH](C)C)CC(CCCc1ccc(Sc2cccc(OCc3ccccc3)c2)cc1Cl)(NC(=O)OC(C)(C)C)C(C)(C)C. The molecule has 0 heterocycles. The van der Waals surface area contributed by atoms with Crippen molar-refractivity contribution in [1.82, 2.24) is 5.32 Å². The molecule has 0 bridgehead atoms. The Hall–Kier alpha value is -2.98. The summed E-state index contributed by atoms with van der Waals surface area (Å²) in [6, 6.07) is 24.3. The zero-order valence-corrected chi connectivity index (χ0v) is 34.0. The van der Waals surface area contributed by atoms with Gasteiger partial charge in [-0.3, -0.25) is 4.79 Å². The molecule has 0 aromatic heterocycles. The molecule has 2 atom stereocenters. The second kappa shape index (κ2) is 19.0. The van der Waals surface area contributed by atoms with Crippen LogP contribution in [0.4, 0.5) is 4.79 Å². The van der Waals surface area contributed by atoms with Gasteiger partial charge in [0.2, 0.25) is 0 Å². The fraction of sp³-hybridized carbons (Fsp3) is 0.500. The number of alkyl carbamates (subject to hydrolysis) is 1. The first-order valence-electron chi connectivity index (χ1n) is 17.5. The highest BCUT2D eigenvalue weighted by molar-refractivity contribution is 7.99. The van der Waals surface area contributed by atoms with Crippen molar-refractivity contribution in [2.24, 2.45) is 11.3 Å². The topological polar surface area (TPSA) is 83.1 Å². The van der Waals surface area contributed by atoms with Crippen molar-refractivity contribution >= 4 is 44.5 Å². The van der Waals surface area contributed by atoms with Crippen LogP contribution in [-0.4, -0.2) is 45.5 Å². The van der Waals surface area contributed by atoms with Crippen LogP contribution in [0.15, 0.2) is 82.6 Å². The normalized spacial score (nSPS) is 13.7. The number of aryl methyl sites for hydroxylation is 1. The quantitative estimate of drug-likeness (QED) is 0.109. The summed E-state index contributed by atoms with van der Waals surface area (Å²) >= 11 is 8.50. The Morgan fingerprint density at radius 1 is 0.920 bits per heavy atom. The molecular weight excluding hydrogens is 686 g/mol. The van der Waals surface area contributed by atoms with Crippen molar-refractivity contribution in [3.8, 4) is 5.75 Å². The number of benzene rings is 3. The van der Waals surface area contributed by atoms with E-state index < -0.39 is 37.6 Å². The smallest absolute Gasteiger partial charge is 0.408 e. The summed E-state index contributed by atoms with van der Waals surface area (Å²) in [5.41, 5.74) is 0.225. The number of amides is 1. The van der Waals surface area contributed by atoms with E-state index in [4.69, 9.17) is 30.2 Å². The number of nitrogens with one attached hydrogen (secondary N) is 1. The van der Waals surface area contributed by atoms with Gasteiger partial charge < -0.3 is 24.0 Å². The van der Waals surface area contributed by atoms with E-state index in [1.54, 1.807) is 18.7 Å². The highest BCUT2D eigenvalue weighted by Gasteiger charge is 2.46. The molecule has 0 aliphatic heterocycles. The fourth-order valence-electron chi connectivity index (χ4n) is 5.66. The predicted octanol–water partition coefficient (Wildman–Crippen LogP) is 10.3. The molecule has 1 amide bonds. The third-order valence-electron chi connectivity index (χ3n) is 8.39. The maximum Gasteiger partial charge on any atom is 0.408 e. The number of carbonyl (C=O) groups excluding carboxylic acids is 2. The van der Waals surface area contributed by atoms with Gasteiger partial charge in [-0.05, 0) is 113 Å². The number of rotatable bonds is 17. The minimum absolute atomic E-state index is 0.254. The van der Waals surface area contributed by atoms with E-state index in [2.05, 4.69) is 57.4 Å². The molecular formula is C40H56ClNO6SSi. The monoisotopic (exact) mass is 741 g/mol. The maximum absolute atomic E-state index is 13.4. The Bertz CT molecular complexity index is 1520. The number of ether oxygens (including phenoxy) is 3. The Kier molecular flexibility index (Phi) is 15.8. The van der Waals surface area contributed by atoms with Crippen LogP contribution in [-0.2, 0) is 31.7 Å². The van der Waals surface area contributed by atoms with Gasteiger partial charge in [-0.2, -0.15) is 0 Å². The van der Waals surface area contributed by atoms with E-state index in [9.17, 15) is 9.59 Å². The van der Waals surface area contributed by atoms with Gasteiger partial charge in [0.15, 0.2) is 9.04 Å². The molecule has 0 fully saturated rings. The molecule has 2 unspecified atom stereocenters. The van der Waals surface area contributed by atoms with E-state index in [1.165, 1.54) is 0 Å². The van der Waals surface area contributed by atoms with E-state index >= 15 is 0 Å². The maximum atomic E-state index is 13.4. The molecule has 0 saturated heterocycles. The van der Waals surface area contributed by atoms with Gasteiger partial charge in [0.1, 0.15) is 18.0 Å². The molecule has 10 heteroatoms. The second-order valence-corrected chi connectivity index (χ2v) is 18.9. The van der Waals surface area contributed by atoms with Crippen molar-refractivity contribution in [2.75, 3.05) is 13.2 Å². The minimum atomic E-state index is -1.41. The molecule has 0 aliphatic rings. The van der Waals surface area contributed by atoms with Crippen molar-refractivity contribution < 1.29 is 28.2 Å². The van der Waals surface area contributed by atoms with Crippen molar-refractivity contribution in [2.45, 2.75) is 115 Å². The first-order chi connectivity index (χ1) is 23.5. The van der Waals surface area contributed by atoms with E-state index in [1.807, 2.05) is 75.4 Å². The lowest BCUT2D eigenvalue weighted by Gasteiger charge is -2.47. The molecule has 0 spiro atoms. The Labute approximate surface area is 310 Å². The van der Waals surface area contributed by atoms with Gasteiger partial charge in [-0.1, -0.05) is 86.6 Å². The first-order valence-corrected chi connectivity index (χ1v) is 21.5. The van der Waals surface area contributed by atoms with Gasteiger partial charge in [0.25, 0.3) is 0 Å². The molecule has 0 radical (unpaired) electrons. The van der Waals surface area contributed by atoms with Gasteiger partial charge in [-0.25, -0.2) is 4.79 Å². The highest BCUT2D eigenvalue weighted by atomic mass is 35.5. The predicted molar refractivity (Wildman–Crippen MR) is 207 cm³/mol. The largest absolute Gasteiger partial charge is 0.489 e. The van der Waals surface area contributed by atoms with Crippen LogP contribution in [0, 0.1) is 11.3 Å². The van der Waals surface area contributed by atoms with Crippen molar-refractivity contribution in [1.29, 1.82) is 0 Å². The Morgan fingerprint density at radius 3 is 2.24 bits per heavy atom. The molecule has 0 aliphatic carbocycles. The lowest BCUT2D eigenvalue weighted by molar-refractivity contribution is -0.150. The van der Waals surface area contributed by atoms with Crippen LogP contribution in [0.5, 0.6) is 5.75 Å². The molecule has 7 nitrogen and oxygen atoms in total. The highest BCUT2D eigenvalue weighted by Crippen LogP contribution is 2.41. The summed E-state index contributed by atoms with van der Waals surface area (Å²) in [6.45, 7) is 18.8. The van der Waals surface area contributed by atoms with Crippen LogP contribution in [0.25, 0.3) is 0 Å². The van der Waals surface area contributed by atoms with Crippen LogP contribution in [0.2, 0.25) is 18.1 Å². The van der Waals surface area contributed by atoms with Crippen molar-refractivity contribution in [3.05, 3.63) is 88.9 Å².